The average molecular weight is 291 g/mol. The van der Waals surface area contributed by atoms with Crippen LogP contribution in [0.3, 0.4) is 0 Å². The van der Waals surface area contributed by atoms with Gasteiger partial charge in [-0.05, 0) is 30.5 Å². The van der Waals surface area contributed by atoms with E-state index in [0.29, 0.717) is 18.9 Å². The fourth-order valence-corrected chi connectivity index (χ4v) is 3.01. The molecule has 0 bridgehead atoms. The Morgan fingerprint density at radius 2 is 1.85 bits per heavy atom. The smallest absolute Gasteiger partial charge is 0.388 e. The lowest BCUT2D eigenvalue weighted by Crippen LogP contribution is -2.35. The number of aliphatic hydroxyl groups excluding tert-OH is 1. The number of nitrogens with two attached hydrogens (primary N) is 1. The molecule has 1 aliphatic rings. The molecule has 6 heteroatoms. The van der Waals surface area contributed by atoms with E-state index in [-0.39, 0.29) is 12.1 Å². The lowest BCUT2D eigenvalue weighted by atomic mass is 9.76. The number of aliphatic hydroxyl groups is 1. The normalized spacial score (nSPS) is 20.1. The highest BCUT2D eigenvalue weighted by Gasteiger charge is 2.44. The van der Waals surface area contributed by atoms with Gasteiger partial charge in [-0.2, -0.15) is 13.2 Å². The molecule has 1 aliphatic carbocycles. The summed E-state index contributed by atoms with van der Waals surface area (Å²) in [4.78, 5) is 0. The molecule has 1 fully saturated rings. The van der Waals surface area contributed by atoms with Gasteiger partial charge in [0.2, 0.25) is 0 Å². The summed E-state index contributed by atoms with van der Waals surface area (Å²) in [6.07, 6.45) is -3.20. The van der Waals surface area contributed by atoms with Crippen LogP contribution in [-0.2, 0) is 6.18 Å². The van der Waals surface area contributed by atoms with Gasteiger partial charge in [0.05, 0.1) is 11.7 Å². The number of halogens is 4. The third kappa shape index (κ3) is 2.67. The topological polar surface area (TPSA) is 46.2 Å². The molecule has 0 heterocycles. The van der Waals surface area contributed by atoms with E-state index in [1.54, 1.807) is 0 Å². The van der Waals surface area contributed by atoms with Crippen molar-refractivity contribution < 1.29 is 22.7 Å². The van der Waals surface area contributed by atoms with Gasteiger partial charge in [0.1, 0.15) is 5.82 Å². The molecule has 1 aromatic rings. The number of hydrogen-bond donors (Lipinski definition) is 2. The molecule has 3 N–H and O–H groups in total. The molecule has 0 radical (unpaired) electrons. The zero-order valence-corrected chi connectivity index (χ0v) is 10.9. The van der Waals surface area contributed by atoms with E-state index in [1.807, 2.05) is 0 Å². The fraction of sp³-hybridized carbons (Fsp3) is 0.571. The van der Waals surface area contributed by atoms with Gasteiger partial charge in [-0.3, -0.25) is 0 Å². The van der Waals surface area contributed by atoms with Crippen LogP contribution in [0.25, 0.3) is 0 Å². The third-order valence-electron chi connectivity index (χ3n) is 4.20. The highest BCUT2D eigenvalue weighted by molar-refractivity contribution is 5.33. The Hall–Kier alpha value is -1.14. The first-order valence-corrected chi connectivity index (χ1v) is 6.55. The largest absolute Gasteiger partial charge is 0.416 e. The summed E-state index contributed by atoms with van der Waals surface area (Å²) in [5.41, 5.74) is 3.54. The minimum atomic E-state index is -4.70. The Morgan fingerprint density at radius 3 is 2.35 bits per heavy atom. The minimum absolute atomic E-state index is 0.114. The van der Waals surface area contributed by atoms with Crippen LogP contribution in [0.15, 0.2) is 18.2 Å². The van der Waals surface area contributed by atoms with Crippen molar-refractivity contribution in [2.45, 2.75) is 38.0 Å². The zero-order valence-electron chi connectivity index (χ0n) is 10.9. The summed E-state index contributed by atoms with van der Waals surface area (Å²) in [6.45, 7) is 0.114. The summed E-state index contributed by atoms with van der Waals surface area (Å²) in [5.74, 6) is -0.971. The van der Waals surface area contributed by atoms with Crippen molar-refractivity contribution in [3.8, 4) is 0 Å². The van der Waals surface area contributed by atoms with E-state index in [1.165, 1.54) is 0 Å². The fourth-order valence-electron chi connectivity index (χ4n) is 3.01. The van der Waals surface area contributed by atoms with Gasteiger partial charge in [0, 0.05) is 12.0 Å². The van der Waals surface area contributed by atoms with Crippen molar-refractivity contribution in [3.05, 3.63) is 35.1 Å². The molecule has 2 rings (SSSR count). The molecule has 0 saturated heterocycles. The number of rotatable bonds is 3. The number of hydrogen-bond acceptors (Lipinski definition) is 2. The van der Waals surface area contributed by atoms with Gasteiger partial charge in [-0.15, -0.1) is 0 Å². The number of benzene rings is 1. The predicted octanol–water partition coefficient (Wildman–Crippen LogP) is 3.40. The van der Waals surface area contributed by atoms with Crippen LogP contribution in [0.5, 0.6) is 0 Å². The van der Waals surface area contributed by atoms with Crippen LogP contribution in [-0.4, -0.2) is 11.7 Å². The van der Waals surface area contributed by atoms with Gasteiger partial charge >= 0.3 is 6.18 Å². The lowest BCUT2D eigenvalue weighted by Gasteiger charge is -2.34. The second kappa shape index (κ2) is 5.33. The Bertz CT molecular complexity index is 481. The van der Waals surface area contributed by atoms with Gasteiger partial charge in [0.15, 0.2) is 0 Å². The Kier molecular flexibility index (Phi) is 4.07. The van der Waals surface area contributed by atoms with Crippen molar-refractivity contribution in [1.29, 1.82) is 0 Å². The molecule has 1 aromatic carbocycles. The van der Waals surface area contributed by atoms with Gasteiger partial charge < -0.3 is 10.8 Å². The van der Waals surface area contributed by atoms with Gasteiger partial charge in [-0.1, -0.05) is 18.9 Å². The quantitative estimate of drug-likeness (QED) is 0.838. The van der Waals surface area contributed by atoms with Crippen molar-refractivity contribution in [2.24, 2.45) is 11.1 Å². The molecule has 0 aromatic heterocycles. The highest BCUT2D eigenvalue weighted by atomic mass is 19.4. The third-order valence-corrected chi connectivity index (χ3v) is 4.20. The van der Waals surface area contributed by atoms with Crippen LogP contribution >= 0.6 is 0 Å². The van der Waals surface area contributed by atoms with Crippen molar-refractivity contribution in [1.82, 2.24) is 0 Å². The maximum Gasteiger partial charge on any atom is 0.416 e. The van der Waals surface area contributed by atoms with Gasteiger partial charge in [-0.25, -0.2) is 4.39 Å². The standard InChI is InChI=1S/C14H17F4NO/c15-9-3-4-10(11(7-9)14(16,17)18)12(20)13(8-19)5-1-2-6-13/h3-4,7,12,20H,1-2,5-6,8,19H2. The molecule has 1 unspecified atom stereocenters. The first-order valence-electron chi connectivity index (χ1n) is 6.55. The van der Waals surface area contributed by atoms with E-state index < -0.39 is 29.1 Å². The first kappa shape index (κ1) is 15.3. The van der Waals surface area contributed by atoms with E-state index in [4.69, 9.17) is 5.73 Å². The Morgan fingerprint density at radius 1 is 1.25 bits per heavy atom. The monoisotopic (exact) mass is 291 g/mol. The van der Waals surface area contributed by atoms with Crippen molar-refractivity contribution >= 4 is 0 Å². The first-order chi connectivity index (χ1) is 9.30. The summed E-state index contributed by atoms with van der Waals surface area (Å²) in [5, 5.41) is 10.4. The molecule has 1 saturated carbocycles. The minimum Gasteiger partial charge on any atom is -0.388 e. The molecule has 112 valence electrons. The molecule has 0 amide bonds. The van der Waals surface area contributed by atoms with E-state index in [2.05, 4.69) is 0 Å². The molecular weight excluding hydrogens is 274 g/mol. The maximum atomic E-state index is 13.1. The summed E-state index contributed by atoms with van der Waals surface area (Å²) < 4.78 is 52.1. The maximum absolute atomic E-state index is 13.1. The molecule has 1 atom stereocenters. The van der Waals surface area contributed by atoms with E-state index in [9.17, 15) is 22.7 Å². The average Bonchev–Trinajstić information content (AvgIpc) is 2.87. The second-order valence-electron chi connectivity index (χ2n) is 5.41. The van der Waals surface area contributed by atoms with Crippen LogP contribution in [0.1, 0.15) is 42.9 Å². The molecular formula is C14H17F4NO. The van der Waals surface area contributed by atoms with Crippen LogP contribution in [0, 0.1) is 11.2 Å². The predicted molar refractivity (Wildman–Crippen MR) is 66.3 cm³/mol. The summed E-state index contributed by atoms with van der Waals surface area (Å²) in [7, 11) is 0. The SMILES string of the molecule is NCC1(C(O)c2ccc(F)cc2C(F)(F)F)CCCC1. The second-order valence-corrected chi connectivity index (χ2v) is 5.41. The molecule has 0 spiro atoms. The summed E-state index contributed by atoms with van der Waals surface area (Å²) in [6, 6.07) is 2.38. The van der Waals surface area contributed by atoms with E-state index in [0.717, 1.165) is 25.0 Å². The Labute approximate surface area is 114 Å². The zero-order chi connectivity index (χ0) is 15.0. The molecule has 0 aliphatic heterocycles. The van der Waals surface area contributed by atoms with Crippen molar-refractivity contribution in [3.63, 3.8) is 0 Å². The molecule has 20 heavy (non-hydrogen) atoms. The van der Waals surface area contributed by atoms with Crippen LogP contribution in [0.2, 0.25) is 0 Å². The lowest BCUT2D eigenvalue weighted by molar-refractivity contribution is -0.140. The van der Waals surface area contributed by atoms with Gasteiger partial charge in [0.25, 0.3) is 0 Å². The number of alkyl halides is 3. The highest BCUT2D eigenvalue weighted by Crippen LogP contribution is 2.49. The summed E-state index contributed by atoms with van der Waals surface area (Å²) >= 11 is 0. The van der Waals surface area contributed by atoms with Crippen LogP contribution in [0.4, 0.5) is 17.6 Å². The molecule has 2 nitrogen and oxygen atoms in total. The Balaban J connectivity index is 2.46. The van der Waals surface area contributed by atoms with E-state index >= 15 is 0 Å². The van der Waals surface area contributed by atoms with Crippen molar-refractivity contribution in [2.75, 3.05) is 6.54 Å². The van der Waals surface area contributed by atoms with Crippen LogP contribution < -0.4 is 5.73 Å².